The highest BCUT2D eigenvalue weighted by Crippen LogP contribution is 2.19. The normalized spacial score (nSPS) is 10.5. The minimum atomic E-state index is -1.01. The van der Waals surface area contributed by atoms with Gasteiger partial charge in [0.15, 0.2) is 17.3 Å². The molecule has 2 aromatic rings. The van der Waals surface area contributed by atoms with Crippen molar-refractivity contribution < 1.29 is 18.3 Å². The minimum absolute atomic E-state index is 0.00413. The number of benzene rings is 1. The molecule has 1 aromatic carbocycles. The van der Waals surface area contributed by atoms with Crippen LogP contribution in [-0.4, -0.2) is 22.1 Å². The molecule has 7 heteroatoms. The average molecular weight is 267 g/mol. The number of imidazole rings is 1. The zero-order valence-corrected chi connectivity index (χ0v) is 10.1. The molecule has 2 rings (SSSR count). The van der Waals surface area contributed by atoms with E-state index in [0.717, 1.165) is 12.1 Å². The molecule has 100 valence electrons. The van der Waals surface area contributed by atoms with Crippen LogP contribution in [0.1, 0.15) is 17.4 Å². The number of ether oxygens (including phenoxy) is 1. The fourth-order valence-corrected chi connectivity index (χ4v) is 1.56. The number of nitrogen functional groups attached to an aromatic ring is 1. The maximum Gasteiger partial charge on any atom is 0.360 e. The molecule has 0 aliphatic rings. The number of carbonyl (C=O) groups excluding carboxylic acids is 1. The van der Waals surface area contributed by atoms with Gasteiger partial charge >= 0.3 is 5.97 Å². The number of halogens is 2. The quantitative estimate of drug-likeness (QED) is 0.862. The van der Waals surface area contributed by atoms with E-state index >= 15 is 0 Å². The third-order valence-corrected chi connectivity index (χ3v) is 2.45. The van der Waals surface area contributed by atoms with Gasteiger partial charge < -0.3 is 10.5 Å². The van der Waals surface area contributed by atoms with Crippen molar-refractivity contribution in [2.24, 2.45) is 0 Å². The molecule has 1 heterocycles. The molecule has 0 spiro atoms. The van der Waals surface area contributed by atoms with Crippen molar-refractivity contribution in [2.75, 3.05) is 12.3 Å². The zero-order chi connectivity index (χ0) is 14.0. The van der Waals surface area contributed by atoms with Crippen LogP contribution in [0, 0.1) is 11.6 Å². The van der Waals surface area contributed by atoms with Gasteiger partial charge in [-0.25, -0.2) is 18.6 Å². The maximum atomic E-state index is 13.1. The molecule has 19 heavy (non-hydrogen) atoms. The zero-order valence-electron chi connectivity index (χ0n) is 10.1. The van der Waals surface area contributed by atoms with Gasteiger partial charge in [0.25, 0.3) is 0 Å². The number of esters is 1. The Morgan fingerprint density at radius 1 is 1.42 bits per heavy atom. The predicted octanol–water partition coefficient (Wildman–Crippen LogP) is 1.91. The number of rotatable bonds is 3. The van der Waals surface area contributed by atoms with E-state index < -0.39 is 17.6 Å². The van der Waals surface area contributed by atoms with Gasteiger partial charge in [0.05, 0.1) is 12.3 Å². The van der Waals surface area contributed by atoms with E-state index in [-0.39, 0.29) is 23.8 Å². The lowest BCUT2D eigenvalue weighted by molar-refractivity contribution is 0.0521. The van der Waals surface area contributed by atoms with Crippen LogP contribution >= 0.6 is 0 Å². The predicted molar refractivity (Wildman–Crippen MR) is 63.8 cm³/mol. The van der Waals surface area contributed by atoms with Crippen LogP contribution in [0.5, 0.6) is 0 Å². The topological polar surface area (TPSA) is 70.1 Å². The van der Waals surface area contributed by atoms with Crippen LogP contribution in [0.2, 0.25) is 0 Å². The Morgan fingerprint density at radius 3 is 2.79 bits per heavy atom. The van der Waals surface area contributed by atoms with Crippen molar-refractivity contribution in [3.05, 3.63) is 41.9 Å². The molecule has 0 bridgehead atoms. The molecule has 0 unspecified atom stereocenters. The summed E-state index contributed by atoms with van der Waals surface area (Å²) in [5.41, 5.74) is 5.94. The highest BCUT2D eigenvalue weighted by molar-refractivity contribution is 5.92. The molecule has 0 atom stereocenters. The summed E-state index contributed by atoms with van der Waals surface area (Å²) in [5.74, 6) is -2.64. The Labute approximate surface area is 107 Å². The minimum Gasteiger partial charge on any atom is -0.461 e. The molecule has 0 saturated heterocycles. The van der Waals surface area contributed by atoms with Crippen molar-refractivity contribution in [2.45, 2.75) is 6.92 Å². The van der Waals surface area contributed by atoms with Gasteiger partial charge in [-0.2, -0.15) is 0 Å². The van der Waals surface area contributed by atoms with Crippen LogP contribution in [-0.2, 0) is 4.74 Å². The highest BCUT2D eigenvalue weighted by atomic mass is 19.2. The molecule has 5 nitrogen and oxygen atoms in total. The summed E-state index contributed by atoms with van der Waals surface area (Å²) < 4.78 is 32.0. The molecule has 0 radical (unpaired) electrons. The Balaban J connectivity index is 2.41. The van der Waals surface area contributed by atoms with Crippen molar-refractivity contribution in [1.29, 1.82) is 0 Å². The summed E-state index contributed by atoms with van der Waals surface area (Å²) >= 11 is 0. The number of nitrogens with two attached hydrogens (primary N) is 1. The first-order chi connectivity index (χ1) is 9.04. The van der Waals surface area contributed by atoms with Gasteiger partial charge in [-0.05, 0) is 19.1 Å². The van der Waals surface area contributed by atoms with Crippen molar-refractivity contribution in [1.82, 2.24) is 9.55 Å². The number of hydrogen-bond acceptors (Lipinski definition) is 4. The number of aromatic nitrogens is 2. The second kappa shape index (κ2) is 5.05. The van der Waals surface area contributed by atoms with Gasteiger partial charge in [0.1, 0.15) is 12.1 Å². The van der Waals surface area contributed by atoms with Crippen LogP contribution in [0.3, 0.4) is 0 Å². The maximum absolute atomic E-state index is 13.1. The molecule has 0 saturated carbocycles. The molecule has 0 aliphatic heterocycles. The van der Waals surface area contributed by atoms with E-state index in [9.17, 15) is 13.6 Å². The first-order valence-electron chi connectivity index (χ1n) is 5.50. The largest absolute Gasteiger partial charge is 0.461 e. The fourth-order valence-electron chi connectivity index (χ4n) is 1.56. The summed E-state index contributed by atoms with van der Waals surface area (Å²) in [4.78, 5) is 15.3. The Kier molecular flexibility index (Phi) is 3.46. The van der Waals surface area contributed by atoms with Crippen LogP contribution in [0.25, 0.3) is 5.69 Å². The van der Waals surface area contributed by atoms with Crippen molar-refractivity contribution in [3.63, 3.8) is 0 Å². The molecule has 2 N–H and O–H groups in total. The van der Waals surface area contributed by atoms with E-state index in [1.807, 2.05) is 0 Å². The number of carbonyl (C=O) groups is 1. The van der Waals surface area contributed by atoms with E-state index in [4.69, 9.17) is 10.5 Å². The van der Waals surface area contributed by atoms with E-state index in [1.165, 1.54) is 17.0 Å². The first kappa shape index (κ1) is 13.0. The number of hydrogen-bond donors (Lipinski definition) is 1. The van der Waals surface area contributed by atoms with E-state index in [2.05, 4.69) is 4.98 Å². The monoisotopic (exact) mass is 267 g/mol. The van der Waals surface area contributed by atoms with Crippen molar-refractivity contribution >= 4 is 11.8 Å². The molecular weight excluding hydrogens is 256 g/mol. The smallest absolute Gasteiger partial charge is 0.360 e. The first-order valence-corrected chi connectivity index (χ1v) is 5.50. The summed E-state index contributed by atoms with van der Waals surface area (Å²) in [6.45, 7) is 1.84. The van der Waals surface area contributed by atoms with Gasteiger partial charge in [-0.15, -0.1) is 0 Å². The molecular formula is C12H11F2N3O2. The summed E-state index contributed by atoms with van der Waals surface area (Å²) in [5, 5.41) is 0. The number of nitrogens with zero attached hydrogens (tertiary/aromatic N) is 2. The Bertz CT molecular complexity index is 625. The summed E-state index contributed by atoms with van der Waals surface area (Å²) in [6.07, 6.45) is 1.24. The SMILES string of the molecule is CCOC(=O)c1ncn(-c2ccc(F)c(F)c2)c1N. The molecule has 0 aliphatic carbocycles. The standard InChI is InChI=1S/C12H11F2N3O2/c1-2-19-12(18)10-11(15)17(6-16-10)7-3-4-8(13)9(14)5-7/h3-6H,2,15H2,1H3. The average Bonchev–Trinajstić information content (AvgIpc) is 2.75. The Hall–Kier alpha value is -2.44. The van der Waals surface area contributed by atoms with Gasteiger partial charge in [0, 0.05) is 6.07 Å². The van der Waals surface area contributed by atoms with Gasteiger partial charge in [-0.3, -0.25) is 4.57 Å². The lowest BCUT2D eigenvalue weighted by Gasteiger charge is -2.06. The van der Waals surface area contributed by atoms with Gasteiger partial charge in [0.2, 0.25) is 0 Å². The second-order valence-electron chi connectivity index (χ2n) is 3.67. The third-order valence-electron chi connectivity index (χ3n) is 2.45. The van der Waals surface area contributed by atoms with Gasteiger partial charge in [-0.1, -0.05) is 0 Å². The highest BCUT2D eigenvalue weighted by Gasteiger charge is 2.18. The molecule has 0 amide bonds. The van der Waals surface area contributed by atoms with E-state index in [0.29, 0.717) is 0 Å². The third kappa shape index (κ3) is 2.40. The van der Waals surface area contributed by atoms with Crippen LogP contribution < -0.4 is 5.73 Å². The number of anilines is 1. The van der Waals surface area contributed by atoms with Crippen LogP contribution in [0.15, 0.2) is 24.5 Å². The van der Waals surface area contributed by atoms with Crippen LogP contribution in [0.4, 0.5) is 14.6 Å². The molecule has 0 fully saturated rings. The fraction of sp³-hybridized carbons (Fsp3) is 0.167. The lowest BCUT2D eigenvalue weighted by atomic mass is 10.3. The Morgan fingerprint density at radius 2 is 2.16 bits per heavy atom. The second-order valence-corrected chi connectivity index (χ2v) is 3.67. The lowest BCUT2D eigenvalue weighted by Crippen LogP contribution is -2.09. The van der Waals surface area contributed by atoms with Crippen molar-refractivity contribution in [3.8, 4) is 5.69 Å². The molecule has 1 aromatic heterocycles. The summed E-state index contributed by atoms with van der Waals surface area (Å²) in [6, 6.07) is 3.25. The van der Waals surface area contributed by atoms with E-state index in [1.54, 1.807) is 6.92 Å². The summed E-state index contributed by atoms with van der Waals surface area (Å²) in [7, 11) is 0.